The maximum absolute atomic E-state index is 6.50. The Morgan fingerprint density at radius 2 is 2.00 bits per heavy atom. The fraction of sp³-hybridized carbons (Fsp3) is 0.316. The summed E-state index contributed by atoms with van der Waals surface area (Å²) in [6.07, 6.45) is 5.05. The zero-order valence-electron chi connectivity index (χ0n) is 13.7. The number of ether oxygens (including phenoxy) is 1. The lowest BCUT2D eigenvalue weighted by atomic mass is 10.0. The molecule has 1 aliphatic rings. The second-order valence-corrected chi connectivity index (χ2v) is 6.44. The van der Waals surface area contributed by atoms with Gasteiger partial charge in [0, 0.05) is 35.4 Å². The number of aryl methyl sites for hydroxylation is 1. The molecule has 3 heterocycles. The molecule has 0 spiro atoms. The first-order chi connectivity index (χ1) is 11.8. The third kappa shape index (κ3) is 2.76. The topological polar surface area (TPSA) is 29.8 Å². The van der Waals surface area contributed by atoms with Crippen LogP contribution >= 0.6 is 11.6 Å². The maximum atomic E-state index is 6.50. The van der Waals surface area contributed by atoms with Gasteiger partial charge in [0.2, 0.25) is 0 Å². The van der Waals surface area contributed by atoms with E-state index in [9.17, 15) is 0 Å². The zero-order chi connectivity index (χ0) is 16.5. The molecule has 1 saturated heterocycles. The van der Waals surface area contributed by atoms with Crippen LogP contribution in [0.3, 0.4) is 0 Å². The second-order valence-electron chi connectivity index (χ2n) is 6.03. The summed E-state index contributed by atoms with van der Waals surface area (Å²) in [7, 11) is 0. The highest BCUT2D eigenvalue weighted by molar-refractivity contribution is 6.33. The smallest absolute Gasteiger partial charge is 0.138 e. The molecule has 0 aliphatic carbocycles. The Morgan fingerprint density at radius 1 is 1.17 bits per heavy atom. The van der Waals surface area contributed by atoms with Crippen molar-refractivity contribution < 1.29 is 4.74 Å². The average Bonchev–Trinajstić information content (AvgIpc) is 3.05. The predicted molar refractivity (Wildman–Crippen MR) is 98.0 cm³/mol. The van der Waals surface area contributed by atoms with Crippen molar-refractivity contribution in [2.75, 3.05) is 31.2 Å². The Labute approximate surface area is 146 Å². The Hall–Kier alpha value is -2.04. The summed E-state index contributed by atoms with van der Waals surface area (Å²) >= 11 is 6.50. The summed E-state index contributed by atoms with van der Waals surface area (Å²) in [6.45, 7) is 5.44. The van der Waals surface area contributed by atoms with Crippen LogP contribution < -0.4 is 4.90 Å². The minimum absolute atomic E-state index is 0.761. The molecule has 4 nitrogen and oxygen atoms in total. The van der Waals surface area contributed by atoms with Gasteiger partial charge in [0.05, 0.1) is 19.4 Å². The first kappa shape index (κ1) is 15.5. The quantitative estimate of drug-likeness (QED) is 0.719. The number of hydrogen-bond donors (Lipinski definition) is 0. The molecule has 3 aromatic rings. The van der Waals surface area contributed by atoms with E-state index in [1.165, 1.54) is 5.56 Å². The molecule has 2 aromatic heterocycles. The van der Waals surface area contributed by atoms with Gasteiger partial charge in [-0.05, 0) is 30.2 Å². The number of nitrogens with zero attached hydrogens (tertiary/aromatic N) is 3. The van der Waals surface area contributed by atoms with E-state index >= 15 is 0 Å². The van der Waals surface area contributed by atoms with Crippen molar-refractivity contribution in [3.63, 3.8) is 0 Å². The molecular formula is C19H20ClN3O. The molecule has 0 unspecified atom stereocenters. The molecule has 1 aliphatic heterocycles. The number of aromatic nitrogens is 2. The van der Waals surface area contributed by atoms with E-state index in [0.29, 0.717) is 0 Å². The van der Waals surface area contributed by atoms with Gasteiger partial charge in [-0.2, -0.15) is 0 Å². The molecule has 0 N–H and O–H groups in total. The Balaban J connectivity index is 1.77. The first-order valence-electron chi connectivity index (χ1n) is 8.35. The molecule has 4 rings (SSSR count). The molecule has 124 valence electrons. The largest absolute Gasteiger partial charge is 0.378 e. The zero-order valence-corrected chi connectivity index (χ0v) is 14.5. The molecule has 1 aromatic carbocycles. The molecule has 0 bridgehead atoms. The Bertz CT molecular complexity index is 868. The van der Waals surface area contributed by atoms with Crippen LogP contribution in [0, 0.1) is 0 Å². The SMILES string of the molecule is CCc1ccc(-c2ccc3ncc(N4CCOCC4)n3c2)c(Cl)c1. The molecular weight excluding hydrogens is 322 g/mol. The minimum Gasteiger partial charge on any atom is -0.378 e. The van der Waals surface area contributed by atoms with E-state index in [1.54, 1.807) is 0 Å². The van der Waals surface area contributed by atoms with E-state index in [2.05, 4.69) is 51.7 Å². The molecule has 24 heavy (non-hydrogen) atoms. The van der Waals surface area contributed by atoms with E-state index < -0.39 is 0 Å². The van der Waals surface area contributed by atoms with Gasteiger partial charge in [0.15, 0.2) is 0 Å². The third-order valence-corrected chi connectivity index (χ3v) is 4.89. The number of imidazole rings is 1. The summed E-state index contributed by atoms with van der Waals surface area (Å²) in [6, 6.07) is 10.4. The fourth-order valence-corrected chi connectivity index (χ4v) is 3.48. The van der Waals surface area contributed by atoms with Crippen LogP contribution in [0.2, 0.25) is 5.02 Å². The number of anilines is 1. The van der Waals surface area contributed by atoms with Crippen LogP contribution in [0.1, 0.15) is 12.5 Å². The summed E-state index contributed by atoms with van der Waals surface area (Å²) < 4.78 is 7.60. The number of hydrogen-bond acceptors (Lipinski definition) is 3. The standard InChI is InChI=1S/C19H20ClN3O/c1-2-14-3-5-16(17(20)11-14)15-4-6-18-21-12-19(23(18)13-15)22-7-9-24-10-8-22/h3-6,11-13H,2,7-10H2,1H3. The van der Waals surface area contributed by atoms with Crippen molar-refractivity contribution >= 4 is 23.1 Å². The van der Waals surface area contributed by atoms with Gasteiger partial charge in [-0.25, -0.2) is 4.98 Å². The third-order valence-electron chi connectivity index (χ3n) is 4.57. The van der Waals surface area contributed by atoms with Gasteiger partial charge < -0.3 is 9.64 Å². The molecule has 5 heteroatoms. The van der Waals surface area contributed by atoms with E-state index in [4.69, 9.17) is 16.3 Å². The average molecular weight is 342 g/mol. The van der Waals surface area contributed by atoms with Crippen molar-refractivity contribution in [3.8, 4) is 11.1 Å². The maximum Gasteiger partial charge on any atom is 0.138 e. The summed E-state index contributed by atoms with van der Waals surface area (Å²) in [4.78, 5) is 6.84. The number of fused-ring (bicyclic) bond motifs is 1. The number of halogens is 1. The summed E-state index contributed by atoms with van der Waals surface area (Å²) in [5.74, 6) is 1.11. The van der Waals surface area contributed by atoms with Crippen molar-refractivity contribution in [3.05, 3.63) is 53.3 Å². The summed E-state index contributed by atoms with van der Waals surface area (Å²) in [5, 5.41) is 0.793. The van der Waals surface area contributed by atoms with Crippen LogP contribution in [-0.2, 0) is 11.2 Å². The van der Waals surface area contributed by atoms with Crippen molar-refractivity contribution in [1.82, 2.24) is 9.38 Å². The Morgan fingerprint density at radius 3 is 2.75 bits per heavy atom. The van der Waals surface area contributed by atoms with Crippen LogP contribution in [0.25, 0.3) is 16.8 Å². The normalized spacial score (nSPS) is 15.2. The fourth-order valence-electron chi connectivity index (χ4n) is 3.17. The van der Waals surface area contributed by atoms with Gasteiger partial charge in [0.1, 0.15) is 11.5 Å². The highest BCUT2D eigenvalue weighted by atomic mass is 35.5. The van der Waals surface area contributed by atoms with Gasteiger partial charge >= 0.3 is 0 Å². The first-order valence-corrected chi connectivity index (χ1v) is 8.72. The van der Waals surface area contributed by atoms with E-state index in [-0.39, 0.29) is 0 Å². The van der Waals surface area contributed by atoms with Crippen LogP contribution in [0.4, 0.5) is 5.82 Å². The monoisotopic (exact) mass is 341 g/mol. The van der Waals surface area contributed by atoms with Crippen molar-refractivity contribution in [2.45, 2.75) is 13.3 Å². The van der Waals surface area contributed by atoms with Gasteiger partial charge in [-0.3, -0.25) is 4.40 Å². The highest BCUT2D eigenvalue weighted by Gasteiger charge is 2.16. The van der Waals surface area contributed by atoms with E-state index in [1.807, 2.05) is 12.3 Å². The van der Waals surface area contributed by atoms with Gasteiger partial charge in [-0.15, -0.1) is 0 Å². The van der Waals surface area contributed by atoms with Crippen molar-refractivity contribution in [2.24, 2.45) is 0 Å². The molecule has 0 saturated carbocycles. The molecule has 1 fully saturated rings. The molecule has 0 atom stereocenters. The van der Waals surface area contributed by atoms with Crippen LogP contribution in [0.15, 0.2) is 42.7 Å². The number of pyridine rings is 1. The lowest BCUT2D eigenvalue weighted by molar-refractivity contribution is 0.122. The minimum atomic E-state index is 0.761. The highest BCUT2D eigenvalue weighted by Crippen LogP contribution is 2.30. The summed E-state index contributed by atoms with van der Waals surface area (Å²) in [5.41, 5.74) is 4.35. The number of benzene rings is 1. The lowest BCUT2D eigenvalue weighted by Gasteiger charge is -2.28. The van der Waals surface area contributed by atoms with Crippen LogP contribution in [-0.4, -0.2) is 35.7 Å². The number of rotatable bonds is 3. The number of morpholine rings is 1. The lowest BCUT2D eigenvalue weighted by Crippen LogP contribution is -2.36. The molecule has 0 radical (unpaired) electrons. The van der Waals surface area contributed by atoms with Gasteiger partial charge in [0.25, 0.3) is 0 Å². The van der Waals surface area contributed by atoms with Gasteiger partial charge in [-0.1, -0.05) is 30.7 Å². The Kier molecular flexibility index (Phi) is 4.17. The predicted octanol–water partition coefficient (Wildman–Crippen LogP) is 4.05. The van der Waals surface area contributed by atoms with E-state index in [0.717, 1.165) is 60.3 Å². The molecule has 0 amide bonds. The second kappa shape index (κ2) is 6.46. The van der Waals surface area contributed by atoms with Crippen LogP contribution in [0.5, 0.6) is 0 Å². The van der Waals surface area contributed by atoms with Crippen molar-refractivity contribution in [1.29, 1.82) is 0 Å².